The molecule has 0 aromatic heterocycles. The molecule has 8 nitrogen and oxygen atoms in total. The quantitative estimate of drug-likeness (QED) is 0.325. The molecule has 0 radical (unpaired) electrons. The van der Waals surface area contributed by atoms with Crippen LogP contribution in [-0.4, -0.2) is 31.2 Å². The van der Waals surface area contributed by atoms with Crippen LogP contribution in [0.4, 0.5) is 5.69 Å². The minimum atomic E-state index is -0.603. The van der Waals surface area contributed by atoms with Gasteiger partial charge in [0.25, 0.3) is 17.5 Å². The number of hydrazine groups is 1. The second-order valence-corrected chi connectivity index (χ2v) is 7.38. The van der Waals surface area contributed by atoms with E-state index in [1.165, 1.54) is 48.6 Å². The first-order valence-corrected chi connectivity index (χ1v) is 9.37. The van der Waals surface area contributed by atoms with Gasteiger partial charge in [0.1, 0.15) is 5.75 Å². The van der Waals surface area contributed by atoms with Crippen molar-refractivity contribution in [2.24, 2.45) is 0 Å². The van der Waals surface area contributed by atoms with Crippen LogP contribution in [0.25, 0.3) is 6.08 Å². The molecule has 2 aromatic carbocycles. The van der Waals surface area contributed by atoms with Crippen LogP contribution in [0, 0.1) is 10.1 Å². The summed E-state index contributed by atoms with van der Waals surface area (Å²) >= 11 is 6.12. The summed E-state index contributed by atoms with van der Waals surface area (Å²) in [6, 6.07) is 11.9. The van der Waals surface area contributed by atoms with Gasteiger partial charge in [0.15, 0.2) is 4.32 Å². The van der Waals surface area contributed by atoms with Crippen LogP contribution in [0.3, 0.4) is 0 Å². The fourth-order valence-electron chi connectivity index (χ4n) is 2.43. The highest BCUT2D eigenvalue weighted by Gasteiger charge is 2.33. The van der Waals surface area contributed by atoms with Gasteiger partial charge in [-0.25, -0.2) is 0 Å². The fraction of sp³-hybridized carbons (Fsp3) is 0. The van der Waals surface area contributed by atoms with Crippen molar-refractivity contribution >= 4 is 51.9 Å². The number of thiocarbonyl (C=S) groups is 1. The third-order valence-corrected chi connectivity index (χ3v) is 5.09. The number of nitro groups is 1. The fourth-order valence-corrected chi connectivity index (χ4v) is 3.56. The number of nitrogens with zero attached hydrogens (tertiary/aromatic N) is 2. The summed E-state index contributed by atoms with van der Waals surface area (Å²) in [6.45, 7) is 0. The highest BCUT2D eigenvalue weighted by Crippen LogP contribution is 2.30. The lowest BCUT2D eigenvalue weighted by atomic mass is 10.1. The number of hydrogen-bond acceptors (Lipinski definition) is 7. The molecule has 3 rings (SSSR count). The van der Waals surface area contributed by atoms with Crippen LogP contribution in [0.5, 0.6) is 5.75 Å². The molecule has 0 spiro atoms. The number of phenolic OH excluding ortho intramolecular Hbond substituents is 1. The minimum absolute atomic E-state index is 0.0527. The number of nitrogens with one attached hydrogen (secondary N) is 1. The SMILES string of the molecule is O=C(NN1C(=O)/C(=C\C=C\c2ccccc2[N+](=O)[O-])SC1=S)c1cccc(O)c1. The summed E-state index contributed by atoms with van der Waals surface area (Å²) in [6.07, 6.45) is 4.48. The van der Waals surface area contributed by atoms with E-state index in [0.29, 0.717) is 5.56 Å². The summed E-state index contributed by atoms with van der Waals surface area (Å²) in [5.41, 5.74) is 2.91. The predicted molar refractivity (Wildman–Crippen MR) is 113 cm³/mol. The van der Waals surface area contributed by atoms with Gasteiger partial charge < -0.3 is 5.11 Å². The number of amides is 2. The van der Waals surface area contributed by atoms with Gasteiger partial charge in [-0.1, -0.05) is 36.0 Å². The second kappa shape index (κ2) is 8.67. The maximum atomic E-state index is 12.5. The third kappa shape index (κ3) is 4.68. The van der Waals surface area contributed by atoms with Gasteiger partial charge >= 0.3 is 0 Å². The van der Waals surface area contributed by atoms with Crippen molar-refractivity contribution in [2.75, 3.05) is 0 Å². The summed E-state index contributed by atoms with van der Waals surface area (Å²) in [7, 11) is 0. The van der Waals surface area contributed by atoms with Crippen LogP contribution in [-0.2, 0) is 4.79 Å². The number of para-hydroxylation sites is 1. The van der Waals surface area contributed by atoms with Crippen molar-refractivity contribution in [2.45, 2.75) is 0 Å². The topological polar surface area (TPSA) is 113 Å². The number of carbonyl (C=O) groups is 2. The molecule has 0 saturated carbocycles. The molecule has 1 saturated heterocycles. The highest BCUT2D eigenvalue weighted by molar-refractivity contribution is 8.26. The monoisotopic (exact) mass is 427 g/mol. The number of allylic oxidation sites excluding steroid dienone is 2. The van der Waals surface area contributed by atoms with Crippen molar-refractivity contribution in [3.8, 4) is 5.75 Å². The molecule has 1 aliphatic heterocycles. The van der Waals surface area contributed by atoms with Gasteiger partial charge in [0.05, 0.1) is 15.4 Å². The molecule has 1 aliphatic rings. The third-order valence-electron chi connectivity index (χ3n) is 3.77. The van der Waals surface area contributed by atoms with Crippen molar-refractivity contribution in [1.82, 2.24) is 10.4 Å². The number of carbonyl (C=O) groups excluding carboxylic acids is 2. The molecular weight excluding hydrogens is 414 g/mol. The van der Waals surface area contributed by atoms with Crippen molar-refractivity contribution in [3.05, 3.63) is 86.8 Å². The number of hydrogen-bond donors (Lipinski definition) is 2. The second-order valence-electron chi connectivity index (χ2n) is 5.71. The standard InChI is InChI=1S/C19H13N3O5S2/c23-14-8-3-7-13(11-14)17(24)20-21-18(25)16(29-19(21)28)10-4-6-12-5-1-2-9-15(12)22(26)27/h1-11,23H,(H,20,24)/b6-4+,16-10+. The van der Waals surface area contributed by atoms with E-state index in [1.807, 2.05) is 0 Å². The van der Waals surface area contributed by atoms with Gasteiger partial charge in [-0.15, -0.1) is 0 Å². The van der Waals surface area contributed by atoms with E-state index < -0.39 is 16.7 Å². The summed E-state index contributed by atoms with van der Waals surface area (Å²) in [5, 5.41) is 21.4. The first-order chi connectivity index (χ1) is 13.9. The molecule has 0 atom stereocenters. The molecule has 1 fully saturated rings. The highest BCUT2D eigenvalue weighted by atomic mass is 32.2. The number of nitro benzene ring substituents is 1. The summed E-state index contributed by atoms with van der Waals surface area (Å²) in [5.74, 6) is -1.21. The Bertz CT molecular complexity index is 1080. The van der Waals surface area contributed by atoms with Crippen molar-refractivity contribution < 1.29 is 19.6 Å². The van der Waals surface area contributed by atoms with Gasteiger partial charge in [0.2, 0.25) is 0 Å². The number of thioether (sulfide) groups is 1. The number of rotatable bonds is 5. The Hall–Kier alpha value is -3.50. The Labute approximate surface area is 174 Å². The number of aromatic hydroxyl groups is 1. The average molecular weight is 427 g/mol. The zero-order chi connectivity index (χ0) is 21.0. The predicted octanol–water partition coefficient (Wildman–Crippen LogP) is 3.40. The van der Waals surface area contributed by atoms with Crippen molar-refractivity contribution in [3.63, 3.8) is 0 Å². The Morgan fingerprint density at radius 2 is 2.00 bits per heavy atom. The molecule has 29 heavy (non-hydrogen) atoms. The molecule has 0 bridgehead atoms. The maximum absolute atomic E-state index is 12.5. The zero-order valence-corrected chi connectivity index (χ0v) is 16.3. The van der Waals surface area contributed by atoms with Gasteiger partial charge in [-0.05, 0) is 48.6 Å². The van der Waals surface area contributed by atoms with E-state index in [4.69, 9.17) is 12.2 Å². The molecule has 0 aliphatic carbocycles. The van der Waals surface area contributed by atoms with Gasteiger partial charge in [0, 0.05) is 11.6 Å². The molecule has 2 N–H and O–H groups in total. The minimum Gasteiger partial charge on any atom is -0.508 e. The number of phenols is 1. The molecule has 2 aromatic rings. The Morgan fingerprint density at radius 1 is 1.24 bits per heavy atom. The molecule has 2 amide bonds. The lowest BCUT2D eigenvalue weighted by molar-refractivity contribution is -0.385. The van der Waals surface area contributed by atoms with Crippen molar-refractivity contribution in [1.29, 1.82) is 0 Å². The van der Waals surface area contributed by atoms with Crippen LogP contribution >= 0.6 is 24.0 Å². The lowest BCUT2D eigenvalue weighted by Crippen LogP contribution is -2.44. The van der Waals surface area contributed by atoms with Crippen LogP contribution in [0.2, 0.25) is 0 Å². The van der Waals surface area contributed by atoms with E-state index >= 15 is 0 Å². The van der Waals surface area contributed by atoms with Gasteiger partial charge in [-0.2, -0.15) is 5.01 Å². The molecule has 1 heterocycles. The normalized spacial score (nSPS) is 15.3. The molecular formula is C19H13N3O5S2. The Kier molecular flexibility index (Phi) is 6.05. The number of benzene rings is 2. The first kappa shape index (κ1) is 20.2. The van der Waals surface area contributed by atoms with E-state index in [-0.39, 0.29) is 26.2 Å². The summed E-state index contributed by atoms with van der Waals surface area (Å²) < 4.78 is 0.133. The Morgan fingerprint density at radius 3 is 2.72 bits per heavy atom. The molecule has 146 valence electrons. The first-order valence-electron chi connectivity index (χ1n) is 8.15. The van der Waals surface area contributed by atoms with E-state index in [0.717, 1.165) is 16.8 Å². The molecule has 0 unspecified atom stereocenters. The zero-order valence-electron chi connectivity index (χ0n) is 14.6. The summed E-state index contributed by atoms with van der Waals surface area (Å²) in [4.78, 5) is 35.6. The smallest absolute Gasteiger partial charge is 0.285 e. The molecule has 10 heteroatoms. The van der Waals surface area contributed by atoms with Crippen LogP contribution in [0.15, 0.2) is 65.6 Å². The van der Waals surface area contributed by atoms with Crippen LogP contribution in [0.1, 0.15) is 15.9 Å². The maximum Gasteiger partial charge on any atom is 0.285 e. The van der Waals surface area contributed by atoms with E-state index in [9.17, 15) is 24.8 Å². The average Bonchev–Trinajstić information content (AvgIpc) is 2.95. The van der Waals surface area contributed by atoms with Gasteiger partial charge in [-0.3, -0.25) is 25.1 Å². The lowest BCUT2D eigenvalue weighted by Gasteiger charge is -2.15. The van der Waals surface area contributed by atoms with Crippen LogP contribution < -0.4 is 5.43 Å². The van der Waals surface area contributed by atoms with E-state index in [1.54, 1.807) is 18.2 Å². The largest absolute Gasteiger partial charge is 0.508 e. The Balaban J connectivity index is 1.73. The van der Waals surface area contributed by atoms with E-state index in [2.05, 4.69) is 5.43 Å².